The monoisotopic (exact) mass is 305 g/mol. The van der Waals surface area contributed by atoms with E-state index in [9.17, 15) is 8.42 Å². The highest BCUT2D eigenvalue weighted by Gasteiger charge is 2.23. The van der Waals surface area contributed by atoms with Crippen molar-refractivity contribution >= 4 is 26.3 Å². The second-order valence-corrected chi connectivity index (χ2v) is 7.57. The molecule has 0 radical (unpaired) electrons. The van der Waals surface area contributed by atoms with Gasteiger partial charge in [0.15, 0.2) is 15.0 Å². The number of hydrogen-bond donors (Lipinski definition) is 1. The maximum atomic E-state index is 11.4. The first kappa shape index (κ1) is 14.7. The van der Waals surface area contributed by atoms with Crippen molar-refractivity contribution in [2.45, 2.75) is 6.54 Å². The average molecular weight is 305 g/mol. The Hall–Kier alpha value is -0.700. The Bertz CT molecular complexity index is 487. The molecule has 8 heteroatoms. The molecular weight excluding hydrogens is 286 g/mol. The van der Waals surface area contributed by atoms with Crippen LogP contribution in [0.4, 0.5) is 5.13 Å². The second-order valence-electron chi connectivity index (χ2n) is 4.43. The Balaban J connectivity index is 1.84. The van der Waals surface area contributed by atoms with E-state index < -0.39 is 9.84 Å². The molecule has 2 rings (SSSR count). The molecule has 1 aliphatic heterocycles. The Morgan fingerprint density at radius 1 is 1.47 bits per heavy atom. The van der Waals surface area contributed by atoms with Crippen molar-refractivity contribution in [1.82, 2.24) is 10.3 Å². The van der Waals surface area contributed by atoms with Crippen LogP contribution in [-0.2, 0) is 21.1 Å². The summed E-state index contributed by atoms with van der Waals surface area (Å²) in [5.41, 5.74) is 0.990. The van der Waals surface area contributed by atoms with Crippen LogP contribution in [0, 0.1) is 0 Å². The molecule has 1 saturated heterocycles. The predicted molar refractivity (Wildman–Crippen MR) is 76.6 cm³/mol. The largest absolute Gasteiger partial charge is 0.383 e. The van der Waals surface area contributed by atoms with Crippen molar-refractivity contribution in [3.05, 3.63) is 11.1 Å². The average Bonchev–Trinajstić information content (AvgIpc) is 2.83. The minimum Gasteiger partial charge on any atom is -0.383 e. The van der Waals surface area contributed by atoms with Gasteiger partial charge in [-0.2, -0.15) is 0 Å². The predicted octanol–water partition coefficient (Wildman–Crippen LogP) is 0.114. The number of thiazole rings is 1. The van der Waals surface area contributed by atoms with Gasteiger partial charge in [0.05, 0.1) is 23.8 Å². The summed E-state index contributed by atoms with van der Waals surface area (Å²) in [5.74, 6) is 0.460. The molecule has 0 bridgehead atoms. The third kappa shape index (κ3) is 4.41. The van der Waals surface area contributed by atoms with E-state index in [-0.39, 0.29) is 11.5 Å². The Morgan fingerprint density at radius 3 is 2.89 bits per heavy atom. The molecule has 0 aliphatic carbocycles. The molecule has 0 saturated carbocycles. The van der Waals surface area contributed by atoms with E-state index in [1.54, 1.807) is 18.4 Å². The molecule has 1 aromatic heterocycles. The molecular formula is C11H19N3O3S2. The SMILES string of the molecule is COCCNCc1csc(N2CCS(=O)(=O)CC2)n1. The van der Waals surface area contributed by atoms with Gasteiger partial charge in [-0.3, -0.25) is 0 Å². The zero-order chi connectivity index (χ0) is 13.7. The lowest BCUT2D eigenvalue weighted by molar-refractivity contribution is 0.199. The highest BCUT2D eigenvalue weighted by Crippen LogP contribution is 2.22. The fourth-order valence-electron chi connectivity index (χ4n) is 1.82. The van der Waals surface area contributed by atoms with Gasteiger partial charge in [-0.05, 0) is 0 Å². The number of nitrogens with zero attached hydrogens (tertiary/aromatic N) is 2. The van der Waals surface area contributed by atoms with Gasteiger partial charge in [-0.1, -0.05) is 0 Å². The first-order valence-corrected chi connectivity index (χ1v) is 8.90. The molecule has 108 valence electrons. The van der Waals surface area contributed by atoms with E-state index in [1.165, 1.54) is 0 Å². The van der Waals surface area contributed by atoms with Crippen LogP contribution in [-0.4, -0.2) is 58.3 Å². The van der Waals surface area contributed by atoms with Gasteiger partial charge < -0.3 is 15.0 Å². The van der Waals surface area contributed by atoms with Crippen molar-refractivity contribution in [1.29, 1.82) is 0 Å². The van der Waals surface area contributed by atoms with Gasteiger partial charge in [-0.15, -0.1) is 11.3 Å². The molecule has 0 spiro atoms. The summed E-state index contributed by atoms with van der Waals surface area (Å²) < 4.78 is 27.7. The number of hydrogen-bond acceptors (Lipinski definition) is 7. The van der Waals surface area contributed by atoms with Crippen molar-refractivity contribution in [2.75, 3.05) is 49.8 Å². The Morgan fingerprint density at radius 2 is 2.21 bits per heavy atom. The molecule has 19 heavy (non-hydrogen) atoms. The smallest absolute Gasteiger partial charge is 0.185 e. The number of rotatable bonds is 6. The maximum absolute atomic E-state index is 11.4. The van der Waals surface area contributed by atoms with Gasteiger partial charge in [0.1, 0.15) is 0 Å². The lowest BCUT2D eigenvalue weighted by atomic mass is 10.5. The lowest BCUT2D eigenvalue weighted by Gasteiger charge is -2.25. The standard InChI is InChI=1S/C11H19N3O3S2/c1-17-5-2-12-8-10-9-18-11(13-10)14-3-6-19(15,16)7-4-14/h9,12H,2-8H2,1H3. The summed E-state index contributed by atoms with van der Waals surface area (Å²) in [7, 11) is -1.15. The lowest BCUT2D eigenvalue weighted by Crippen LogP contribution is -2.40. The van der Waals surface area contributed by atoms with Crippen LogP contribution in [0.2, 0.25) is 0 Å². The molecule has 0 atom stereocenters. The Labute approximate surface area is 117 Å². The van der Waals surface area contributed by atoms with Gasteiger partial charge in [0.2, 0.25) is 0 Å². The first-order valence-electron chi connectivity index (χ1n) is 6.20. The number of ether oxygens (including phenoxy) is 1. The topological polar surface area (TPSA) is 71.5 Å². The summed E-state index contributed by atoms with van der Waals surface area (Å²) in [6.07, 6.45) is 0. The first-order chi connectivity index (χ1) is 9.11. The van der Waals surface area contributed by atoms with Crippen LogP contribution in [0.5, 0.6) is 0 Å². The van der Waals surface area contributed by atoms with Gasteiger partial charge in [0, 0.05) is 38.7 Å². The van der Waals surface area contributed by atoms with Crippen molar-refractivity contribution in [3.63, 3.8) is 0 Å². The summed E-state index contributed by atoms with van der Waals surface area (Å²) in [5, 5.41) is 6.16. The van der Waals surface area contributed by atoms with Crippen LogP contribution in [0.1, 0.15) is 5.69 Å². The zero-order valence-corrected chi connectivity index (χ0v) is 12.6. The molecule has 1 N–H and O–H groups in total. The zero-order valence-electron chi connectivity index (χ0n) is 11.0. The van der Waals surface area contributed by atoms with Gasteiger partial charge >= 0.3 is 0 Å². The fraction of sp³-hybridized carbons (Fsp3) is 0.727. The molecule has 1 aliphatic rings. The third-order valence-electron chi connectivity index (χ3n) is 2.94. The van der Waals surface area contributed by atoms with E-state index in [2.05, 4.69) is 10.3 Å². The Kier molecular flexibility index (Phi) is 5.14. The highest BCUT2D eigenvalue weighted by molar-refractivity contribution is 7.91. The molecule has 0 unspecified atom stereocenters. The van der Waals surface area contributed by atoms with E-state index in [0.717, 1.165) is 17.4 Å². The molecule has 0 aromatic carbocycles. The quantitative estimate of drug-likeness (QED) is 0.753. The normalized spacial score (nSPS) is 18.7. The minimum absolute atomic E-state index is 0.230. The van der Waals surface area contributed by atoms with Crippen molar-refractivity contribution in [2.24, 2.45) is 0 Å². The summed E-state index contributed by atoms with van der Waals surface area (Å²) in [6.45, 7) is 3.29. The molecule has 0 amide bonds. The number of sulfone groups is 1. The molecule has 6 nitrogen and oxygen atoms in total. The van der Waals surface area contributed by atoms with E-state index in [4.69, 9.17) is 4.74 Å². The molecule has 2 heterocycles. The summed E-state index contributed by atoms with van der Waals surface area (Å²) in [4.78, 5) is 6.57. The molecule has 1 fully saturated rings. The van der Waals surface area contributed by atoms with E-state index >= 15 is 0 Å². The minimum atomic E-state index is -2.83. The summed E-state index contributed by atoms with van der Waals surface area (Å²) in [6, 6.07) is 0. The number of aromatic nitrogens is 1. The fourth-order valence-corrected chi connectivity index (χ4v) is 3.90. The molecule has 1 aromatic rings. The number of methoxy groups -OCH3 is 1. The number of anilines is 1. The van der Waals surface area contributed by atoms with Crippen LogP contribution < -0.4 is 10.2 Å². The third-order valence-corrected chi connectivity index (χ3v) is 5.50. The van der Waals surface area contributed by atoms with Gasteiger partial charge in [0.25, 0.3) is 0 Å². The maximum Gasteiger partial charge on any atom is 0.185 e. The van der Waals surface area contributed by atoms with E-state index in [1.807, 2.05) is 10.3 Å². The number of nitrogens with one attached hydrogen (secondary N) is 1. The van der Waals surface area contributed by atoms with Crippen molar-refractivity contribution in [3.8, 4) is 0 Å². The highest BCUT2D eigenvalue weighted by atomic mass is 32.2. The second kappa shape index (κ2) is 6.65. The van der Waals surface area contributed by atoms with Crippen LogP contribution in [0.15, 0.2) is 5.38 Å². The van der Waals surface area contributed by atoms with Crippen LogP contribution in [0.3, 0.4) is 0 Å². The van der Waals surface area contributed by atoms with Crippen molar-refractivity contribution < 1.29 is 13.2 Å². The van der Waals surface area contributed by atoms with Crippen LogP contribution >= 0.6 is 11.3 Å². The van der Waals surface area contributed by atoms with Gasteiger partial charge in [-0.25, -0.2) is 13.4 Å². The van der Waals surface area contributed by atoms with E-state index in [0.29, 0.717) is 26.2 Å². The summed E-state index contributed by atoms with van der Waals surface area (Å²) >= 11 is 1.57. The van der Waals surface area contributed by atoms with Crippen LogP contribution in [0.25, 0.3) is 0 Å².